The van der Waals surface area contributed by atoms with E-state index in [1.54, 1.807) is 6.92 Å². The Bertz CT molecular complexity index is 569. The average Bonchev–Trinajstić information content (AvgIpc) is 2.54. The predicted molar refractivity (Wildman–Crippen MR) is 71.5 cm³/mol. The summed E-state index contributed by atoms with van der Waals surface area (Å²) >= 11 is -3.40. The Morgan fingerprint density at radius 1 is 1.19 bits per heavy atom. The SMILES string of the molecule is Cc1c(OS(=O)C(F)(F)F)ccc2c1CCCCC2=O.O. The zero-order valence-corrected chi connectivity index (χ0v) is 12.1. The lowest BCUT2D eigenvalue weighted by molar-refractivity contribution is -0.0437. The Morgan fingerprint density at radius 3 is 2.43 bits per heavy atom. The third-order valence-electron chi connectivity index (χ3n) is 3.28. The molecule has 1 aromatic carbocycles. The summed E-state index contributed by atoms with van der Waals surface area (Å²) in [6, 6.07) is 2.74. The molecule has 2 rings (SSSR count). The van der Waals surface area contributed by atoms with Crippen LogP contribution in [0.1, 0.15) is 40.7 Å². The van der Waals surface area contributed by atoms with Crippen LogP contribution in [0.4, 0.5) is 13.2 Å². The molecule has 8 heteroatoms. The summed E-state index contributed by atoms with van der Waals surface area (Å²) in [5.41, 5.74) is -3.24. The van der Waals surface area contributed by atoms with Gasteiger partial charge in [-0.1, -0.05) is 0 Å². The summed E-state index contributed by atoms with van der Waals surface area (Å²) in [7, 11) is 0. The minimum absolute atomic E-state index is 0. The van der Waals surface area contributed by atoms with Crippen LogP contribution in [0.15, 0.2) is 12.1 Å². The average molecular weight is 324 g/mol. The molecule has 0 spiro atoms. The Balaban J connectivity index is 0.00000220. The van der Waals surface area contributed by atoms with Gasteiger partial charge in [0.15, 0.2) is 5.78 Å². The van der Waals surface area contributed by atoms with Gasteiger partial charge >= 0.3 is 16.6 Å². The van der Waals surface area contributed by atoms with Crippen LogP contribution in [0.25, 0.3) is 0 Å². The molecule has 1 aromatic rings. The van der Waals surface area contributed by atoms with Gasteiger partial charge in [-0.05, 0) is 49.4 Å². The first-order chi connectivity index (χ1) is 9.30. The van der Waals surface area contributed by atoms with Crippen molar-refractivity contribution >= 4 is 16.9 Å². The number of alkyl halides is 3. The van der Waals surface area contributed by atoms with Crippen molar-refractivity contribution in [2.45, 2.75) is 38.1 Å². The van der Waals surface area contributed by atoms with Gasteiger partial charge < -0.3 is 9.66 Å². The minimum atomic E-state index is -4.92. The highest BCUT2D eigenvalue weighted by Crippen LogP contribution is 2.32. The number of carbonyl (C=O) groups is 1. The standard InChI is InChI=1S/C13H13F3O3S.H2O/c1-8-9-4-2-3-5-11(17)10(9)6-7-12(8)19-20(18)13(14,15)16;/h6-7H,2-5H2,1H3;1H2. The Hall–Kier alpha value is -1.41. The van der Waals surface area contributed by atoms with Crippen molar-refractivity contribution in [3.05, 3.63) is 28.8 Å². The smallest absolute Gasteiger partial charge is 0.412 e. The highest BCUT2D eigenvalue weighted by atomic mass is 32.2. The number of fused-ring (bicyclic) bond motifs is 1. The third-order valence-corrected chi connectivity index (χ3v) is 3.99. The van der Waals surface area contributed by atoms with Gasteiger partial charge in [-0.25, -0.2) is 4.21 Å². The van der Waals surface area contributed by atoms with Crippen LogP contribution in [0.5, 0.6) is 5.75 Å². The molecule has 21 heavy (non-hydrogen) atoms. The molecule has 0 saturated carbocycles. The molecule has 4 nitrogen and oxygen atoms in total. The molecule has 1 aliphatic carbocycles. The summed E-state index contributed by atoms with van der Waals surface area (Å²) < 4.78 is 52.2. The lowest BCUT2D eigenvalue weighted by Gasteiger charge is -2.14. The lowest BCUT2D eigenvalue weighted by atomic mass is 9.97. The molecule has 1 unspecified atom stereocenters. The maximum absolute atomic E-state index is 12.3. The van der Waals surface area contributed by atoms with Crippen molar-refractivity contribution in [1.82, 2.24) is 0 Å². The van der Waals surface area contributed by atoms with Gasteiger partial charge in [0.05, 0.1) is 0 Å². The van der Waals surface area contributed by atoms with E-state index in [0.717, 1.165) is 12.8 Å². The summed E-state index contributed by atoms with van der Waals surface area (Å²) in [4.78, 5) is 11.9. The lowest BCUT2D eigenvalue weighted by Crippen LogP contribution is -2.21. The molecular weight excluding hydrogens is 309 g/mol. The van der Waals surface area contributed by atoms with Crippen molar-refractivity contribution in [3.63, 3.8) is 0 Å². The zero-order chi connectivity index (χ0) is 14.9. The van der Waals surface area contributed by atoms with Gasteiger partial charge in [0, 0.05) is 12.0 Å². The van der Waals surface area contributed by atoms with Gasteiger partial charge in [0.2, 0.25) is 0 Å². The van der Waals surface area contributed by atoms with Crippen LogP contribution in [-0.4, -0.2) is 21.0 Å². The molecule has 0 fully saturated rings. The van der Waals surface area contributed by atoms with Gasteiger partial charge in [-0.15, -0.1) is 0 Å². The Labute approximate surface area is 122 Å². The second kappa shape index (κ2) is 6.57. The number of rotatable bonds is 2. The fraction of sp³-hybridized carbons (Fsp3) is 0.462. The molecule has 0 radical (unpaired) electrons. The summed E-state index contributed by atoms with van der Waals surface area (Å²) in [6.07, 6.45) is 2.62. The molecule has 0 heterocycles. The van der Waals surface area contributed by atoms with E-state index in [9.17, 15) is 22.2 Å². The number of halogens is 3. The van der Waals surface area contributed by atoms with E-state index in [-0.39, 0.29) is 17.0 Å². The van der Waals surface area contributed by atoms with Crippen LogP contribution in [0, 0.1) is 6.92 Å². The number of hydrogen-bond donors (Lipinski definition) is 0. The Kier molecular flexibility index (Phi) is 5.52. The van der Waals surface area contributed by atoms with Crippen molar-refractivity contribution in [3.8, 4) is 5.75 Å². The van der Waals surface area contributed by atoms with Crippen molar-refractivity contribution < 1.29 is 31.8 Å². The normalized spacial score (nSPS) is 16.5. The number of ketones is 1. The molecule has 0 aromatic heterocycles. The second-order valence-electron chi connectivity index (χ2n) is 4.61. The van der Waals surface area contributed by atoms with Crippen molar-refractivity contribution in [1.29, 1.82) is 0 Å². The van der Waals surface area contributed by atoms with Gasteiger partial charge in [0.1, 0.15) is 5.75 Å². The maximum atomic E-state index is 12.3. The molecular formula is C13H15F3O4S. The van der Waals surface area contributed by atoms with E-state index in [0.29, 0.717) is 29.5 Å². The first-order valence-electron chi connectivity index (χ1n) is 6.13. The number of Topliss-reactive ketones (excluding diaryl/α,β-unsaturated/α-hetero) is 1. The maximum Gasteiger partial charge on any atom is 0.508 e. The van der Waals surface area contributed by atoms with Crippen LogP contribution in [0.3, 0.4) is 0 Å². The van der Waals surface area contributed by atoms with Gasteiger partial charge in [-0.2, -0.15) is 13.2 Å². The number of carbonyl (C=O) groups excluding carboxylic acids is 1. The first kappa shape index (κ1) is 17.6. The first-order valence-corrected chi connectivity index (χ1v) is 7.21. The molecule has 1 aliphatic rings. The molecule has 0 saturated heterocycles. The molecule has 0 aliphatic heterocycles. The predicted octanol–water partition coefficient (Wildman–Crippen LogP) is 2.64. The Morgan fingerprint density at radius 2 is 1.81 bits per heavy atom. The quantitative estimate of drug-likeness (QED) is 0.785. The molecule has 0 amide bonds. The summed E-state index contributed by atoms with van der Waals surface area (Å²) in [6.45, 7) is 1.58. The molecule has 2 N–H and O–H groups in total. The van der Waals surface area contributed by atoms with E-state index in [4.69, 9.17) is 0 Å². The molecule has 118 valence electrons. The van der Waals surface area contributed by atoms with Crippen molar-refractivity contribution in [2.75, 3.05) is 0 Å². The van der Waals surface area contributed by atoms with E-state index in [1.807, 2.05) is 0 Å². The molecule has 0 bridgehead atoms. The van der Waals surface area contributed by atoms with Gasteiger partial charge in [-0.3, -0.25) is 4.79 Å². The number of hydrogen-bond acceptors (Lipinski definition) is 3. The summed E-state index contributed by atoms with van der Waals surface area (Å²) in [5, 5.41) is 0. The van der Waals surface area contributed by atoms with Crippen LogP contribution >= 0.6 is 0 Å². The molecule has 1 atom stereocenters. The van der Waals surface area contributed by atoms with Crippen LogP contribution < -0.4 is 4.18 Å². The highest BCUT2D eigenvalue weighted by Gasteiger charge is 2.40. The fourth-order valence-corrected chi connectivity index (χ4v) is 2.70. The van der Waals surface area contributed by atoms with Crippen molar-refractivity contribution in [2.24, 2.45) is 0 Å². The monoisotopic (exact) mass is 324 g/mol. The topological polar surface area (TPSA) is 74.9 Å². The van der Waals surface area contributed by atoms with Crippen LogP contribution in [-0.2, 0) is 17.5 Å². The van der Waals surface area contributed by atoms with E-state index >= 15 is 0 Å². The third kappa shape index (κ3) is 3.82. The fourth-order valence-electron chi connectivity index (χ4n) is 2.26. The second-order valence-corrected chi connectivity index (χ2v) is 5.71. The summed E-state index contributed by atoms with van der Waals surface area (Å²) in [5.74, 6) is -0.0989. The van der Waals surface area contributed by atoms with Gasteiger partial charge in [0.25, 0.3) is 0 Å². The van der Waals surface area contributed by atoms with E-state index in [2.05, 4.69) is 4.18 Å². The van der Waals surface area contributed by atoms with E-state index in [1.165, 1.54) is 12.1 Å². The number of benzene rings is 1. The largest absolute Gasteiger partial charge is 0.508 e. The highest BCUT2D eigenvalue weighted by molar-refractivity contribution is 7.81. The minimum Gasteiger partial charge on any atom is -0.412 e. The van der Waals surface area contributed by atoms with Crippen LogP contribution in [0.2, 0.25) is 0 Å². The van der Waals surface area contributed by atoms with E-state index < -0.39 is 16.6 Å². The zero-order valence-electron chi connectivity index (χ0n) is 11.3.